The molecule has 2 amide bonds. The topological polar surface area (TPSA) is 70.2 Å². The number of carbonyl (C=O) groups is 1. The summed E-state index contributed by atoms with van der Waals surface area (Å²) in [4.78, 5) is 23.0. The lowest BCUT2D eigenvalue weighted by Crippen LogP contribution is -2.36. The van der Waals surface area contributed by atoms with Gasteiger partial charge in [-0.25, -0.2) is 14.8 Å². The maximum absolute atomic E-state index is 11.9. The summed E-state index contributed by atoms with van der Waals surface area (Å²) in [7, 11) is 0. The number of carbonyl (C=O) groups excluding carboxylic acids is 1. The van der Waals surface area contributed by atoms with Crippen LogP contribution in [0, 0.1) is 6.92 Å². The fourth-order valence-electron chi connectivity index (χ4n) is 2.74. The smallest absolute Gasteiger partial charge is 0.315 e. The minimum atomic E-state index is -0.150. The number of anilines is 1. The van der Waals surface area contributed by atoms with E-state index in [1.54, 1.807) is 11.3 Å². The quantitative estimate of drug-likeness (QED) is 0.844. The van der Waals surface area contributed by atoms with Gasteiger partial charge in [-0.3, -0.25) is 0 Å². The molecule has 128 valence electrons. The average Bonchev–Trinajstić information content (AvgIpc) is 3.25. The van der Waals surface area contributed by atoms with Crippen LogP contribution in [0.5, 0.6) is 0 Å². The minimum absolute atomic E-state index is 0.150. The fourth-order valence-corrected chi connectivity index (χ4v) is 3.51. The number of aromatic nitrogens is 2. The Bertz CT molecular complexity index is 681. The zero-order valence-electron chi connectivity index (χ0n) is 13.9. The second-order valence-electron chi connectivity index (χ2n) is 5.96. The summed E-state index contributed by atoms with van der Waals surface area (Å²) >= 11 is 1.63. The van der Waals surface area contributed by atoms with Crippen LogP contribution in [0.3, 0.4) is 0 Å². The molecule has 2 N–H and O–H groups in total. The molecular weight excluding hydrogens is 322 g/mol. The first-order valence-corrected chi connectivity index (χ1v) is 9.21. The van der Waals surface area contributed by atoms with E-state index >= 15 is 0 Å². The SMILES string of the molecule is Cc1csc(CCNC(=O)NCc2ccnc(N3CCCC3)c2)n1. The maximum atomic E-state index is 11.9. The van der Waals surface area contributed by atoms with Crippen LogP contribution in [0.15, 0.2) is 23.7 Å². The Kier molecular flexibility index (Phi) is 5.63. The fraction of sp³-hybridized carbons (Fsp3) is 0.471. The van der Waals surface area contributed by atoms with Crippen LogP contribution in [-0.2, 0) is 13.0 Å². The summed E-state index contributed by atoms with van der Waals surface area (Å²) in [5, 5.41) is 8.84. The molecule has 7 heteroatoms. The zero-order chi connectivity index (χ0) is 16.8. The van der Waals surface area contributed by atoms with E-state index in [9.17, 15) is 4.79 Å². The van der Waals surface area contributed by atoms with Crippen molar-refractivity contribution in [3.63, 3.8) is 0 Å². The highest BCUT2D eigenvalue weighted by molar-refractivity contribution is 7.09. The second-order valence-corrected chi connectivity index (χ2v) is 6.90. The number of nitrogens with zero attached hydrogens (tertiary/aromatic N) is 3. The number of amides is 2. The van der Waals surface area contributed by atoms with Crippen LogP contribution < -0.4 is 15.5 Å². The van der Waals surface area contributed by atoms with Crippen molar-refractivity contribution in [3.05, 3.63) is 40.0 Å². The van der Waals surface area contributed by atoms with Gasteiger partial charge >= 0.3 is 6.03 Å². The molecule has 1 saturated heterocycles. The Labute approximate surface area is 146 Å². The Morgan fingerprint density at radius 1 is 1.33 bits per heavy atom. The van der Waals surface area contributed by atoms with Crippen LogP contribution in [0.1, 0.15) is 29.1 Å². The Morgan fingerprint density at radius 3 is 2.92 bits per heavy atom. The summed E-state index contributed by atoms with van der Waals surface area (Å²) in [6.45, 7) is 5.21. The van der Waals surface area contributed by atoms with Crippen molar-refractivity contribution >= 4 is 23.2 Å². The normalized spacial score (nSPS) is 14.0. The molecule has 0 atom stereocenters. The van der Waals surface area contributed by atoms with Crippen molar-refractivity contribution in [1.29, 1.82) is 0 Å². The highest BCUT2D eigenvalue weighted by Gasteiger charge is 2.13. The van der Waals surface area contributed by atoms with Crippen molar-refractivity contribution in [1.82, 2.24) is 20.6 Å². The lowest BCUT2D eigenvalue weighted by atomic mass is 10.2. The van der Waals surface area contributed by atoms with Crippen molar-refractivity contribution in [2.24, 2.45) is 0 Å². The van der Waals surface area contributed by atoms with Gasteiger partial charge in [-0.05, 0) is 37.5 Å². The second kappa shape index (κ2) is 8.10. The van der Waals surface area contributed by atoms with Crippen molar-refractivity contribution in [2.75, 3.05) is 24.5 Å². The number of aryl methyl sites for hydroxylation is 1. The molecule has 1 aliphatic heterocycles. The standard InChI is InChI=1S/C17H23N5OS/c1-13-12-24-16(21-13)5-7-19-17(23)20-11-14-4-6-18-15(10-14)22-8-2-3-9-22/h4,6,10,12H,2-3,5,7-9,11H2,1H3,(H2,19,20,23). The molecule has 0 spiro atoms. The zero-order valence-corrected chi connectivity index (χ0v) is 14.7. The lowest BCUT2D eigenvalue weighted by Gasteiger charge is -2.17. The third kappa shape index (κ3) is 4.67. The number of thiazole rings is 1. The van der Waals surface area contributed by atoms with Gasteiger partial charge in [0, 0.05) is 49.9 Å². The van der Waals surface area contributed by atoms with E-state index in [-0.39, 0.29) is 6.03 Å². The van der Waals surface area contributed by atoms with E-state index in [2.05, 4.69) is 31.6 Å². The number of rotatable bonds is 6. The minimum Gasteiger partial charge on any atom is -0.357 e. The average molecular weight is 345 g/mol. The summed E-state index contributed by atoms with van der Waals surface area (Å²) < 4.78 is 0. The third-order valence-electron chi connectivity index (χ3n) is 3.98. The van der Waals surface area contributed by atoms with Gasteiger partial charge in [0.2, 0.25) is 0 Å². The van der Waals surface area contributed by atoms with Crippen molar-refractivity contribution in [3.8, 4) is 0 Å². The molecule has 24 heavy (non-hydrogen) atoms. The van der Waals surface area contributed by atoms with Crippen LogP contribution in [-0.4, -0.2) is 35.6 Å². The molecule has 1 fully saturated rings. The van der Waals surface area contributed by atoms with E-state index in [0.29, 0.717) is 13.1 Å². The van der Waals surface area contributed by atoms with E-state index in [4.69, 9.17) is 0 Å². The van der Waals surface area contributed by atoms with Crippen LogP contribution in [0.4, 0.5) is 10.6 Å². The monoisotopic (exact) mass is 345 g/mol. The van der Waals surface area contributed by atoms with Gasteiger partial charge in [-0.2, -0.15) is 0 Å². The third-order valence-corrected chi connectivity index (χ3v) is 5.01. The lowest BCUT2D eigenvalue weighted by molar-refractivity contribution is 0.240. The predicted octanol–water partition coefficient (Wildman–Crippen LogP) is 2.49. The van der Waals surface area contributed by atoms with Crippen LogP contribution >= 0.6 is 11.3 Å². The van der Waals surface area contributed by atoms with Gasteiger partial charge in [-0.1, -0.05) is 0 Å². The van der Waals surface area contributed by atoms with Gasteiger partial charge in [0.1, 0.15) is 5.82 Å². The number of hydrogen-bond donors (Lipinski definition) is 2. The molecule has 3 heterocycles. The molecule has 0 aliphatic carbocycles. The maximum Gasteiger partial charge on any atom is 0.315 e. The molecule has 0 saturated carbocycles. The highest BCUT2D eigenvalue weighted by atomic mass is 32.1. The molecule has 0 bridgehead atoms. The molecule has 3 rings (SSSR count). The number of pyridine rings is 1. The first kappa shape index (κ1) is 16.7. The van der Waals surface area contributed by atoms with Gasteiger partial charge < -0.3 is 15.5 Å². The molecule has 2 aromatic rings. The van der Waals surface area contributed by atoms with Crippen molar-refractivity contribution in [2.45, 2.75) is 32.7 Å². The molecule has 0 aromatic carbocycles. The van der Waals surface area contributed by atoms with E-state index in [0.717, 1.165) is 41.6 Å². The van der Waals surface area contributed by atoms with Gasteiger partial charge in [0.15, 0.2) is 0 Å². The molecule has 1 aliphatic rings. The highest BCUT2D eigenvalue weighted by Crippen LogP contribution is 2.18. The Morgan fingerprint density at radius 2 is 2.17 bits per heavy atom. The molecular formula is C17H23N5OS. The summed E-state index contributed by atoms with van der Waals surface area (Å²) in [6, 6.07) is 3.85. The van der Waals surface area contributed by atoms with Gasteiger partial charge in [0.25, 0.3) is 0 Å². The van der Waals surface area contributed by atoms with Gasteiger partial charge in [0.05, 0.1) is 5.01 Å². The molecule has 6 nitrogen and oxygen atoms in total. The summed E-state index contributed by atoms with van der Waals surface area (Å²) in [5.41, 5.74) is 2.10. The Hall–Kier alpha value is -2.15. The first-order chi connectivity index (χ1) is 11.7. The van der Waals surface area contributed by atoms with E-state index in [1.165, 1.54) is 12.8 Å². The predicted molar refractivity (Wildman–Crippen MR) is 96.5 cm³/mol. The van der Waals surface area contributed by atoms with Gasteiger partial charge in [-0.15, -0.1) is 11.3 Å². The molecule has 0 radical (unpaired) electrons. The largest absolute Gasteiger partial charge is 0.357 e. The number of nitrogens with one attached hydrogen (secondary N) is 2. The summed E-state index contributed by atoms with van der Waals surface area (Å²) in [5.74, 6) is 1.01. The molecule has 2 aromatic heterocycles. The van der Waals surface area contributed by atoms with Crippen LogP contribution in [0.25, 0.3) is 0 Å². The van der Waals surface area contributed by atoms with Crippen molar-refractivity contribution < 1.29 is 4.79 Å². The molecule has 0 unspecified atom stereocenters. The number of urea groups is 1. The van der Waals surface area contributed by atoms with Crippen LogP contribution in [0.2, 0.25) is 0 Å². The summed E-state index contributed by atoms with van der Waals surface area (Å²) in [6.07, 6.45) is 5.03. The Balaban J connectivity index is 1.41. The first-order valence-electron chi connectivity index (χ1n) is 8.33. The number of hydrogen-bond acceptors (Lipinski definition) is 5. The van der Waals surface area contributed by atoms with E-state index in [1.807, 2.05) is 24.6 Å². The van der Waals surface area contributed by atoms with E-state index < -0.39 is 0 Å².